The Morgan fingerprint density at radius 2 is 1.81 bits per heavy atom. The van der Waals surface area contributed by atoms with Crippen LogP contribution in [0.15, 0.2) is 48.8 Å². The summed E-state index contributed by atoms with van der Waals surface area (Å²) >= 11 is 6.07. The van der Waals surface area contributed by atoms with Crippen molar-refractivity contribution in [1.29, 1.82) is 0 Å². The Labute approximate surface area is 183 Å². The van der Waals surface area contributed by atoms with E-state index in [4.69, 9.17) is 11.6 Å². The van der Waals surface area contributed by atoms with Crippen LogP contribution in [0.25, 0.3) is 0 Å². The average molecular weight is 443 g/mol. The molecule has 0 spiro atoms. The van der Waals surface area contributed by atoms with Crippen LogP contribution in [0.1, 0.15) is 5.56 Å². The topological polar surface area (TPSA) is 87.4 Å². The molecule has 0 atom stereocenters. The number of para-hydroxylation sites is 1. The molecule has 8 nitrogen and oxygen atoms in total. The fourth-order valence-electron chi connectivity index (χ4n) is 3.58. The predicted molar refractivity (Wildman–Crippen MR) is 119 cm³/mol. The van der Waals surface area contributed by atoms with Gasteiger partial charge in [-0.15, -0.1) is 0 Å². The van der Waals surface area contributed by atoms with Crippen LogP contribution in [0, 0.1) is 22.9 Å². The number of nitrogens with zero attached hydrogens (tertiary/aromatic N) is 5. The highest BCUT2D eigenvalue weighted by atomic mass is 35.5. The molecule has 0 radical (unpaired) electrons. The van der Waals surface area contributed by atoms with Gasteiger partial charge in [-0.05, 0) is 36.8 Å². The number of hydrogen-bond donors (Lipinski definition) is 1. The van der Waals surface area contributed by atoms with Crippen LogP contribution in [0.4, 0.5) is 33.1 Å². The van der Waals surface area contributed by atoms with Crippen molar-refractivity contribution in [3.8, 4) is 0 Å². The third kappa shape index (κ3) is 4.36. The summed E-state index contributed by atoms with van der Waals surface area (Å²) in [6, 6.07) is 11.8. The molecule has 1 aromatic heterocycles. The van der Waals surface area contributed by atoms with Crippen LogP contribution in [0.3, 0.4) is 0 Å². The number of aryl methyl sites for hydroxylation is 1. The molecule has 160 valence electrons. The maximum atomic E-state index is 14.1. The van der Waals surface area contributed by atoms with Gasteiger partial charge in [0.25, 0.3) is 0 Å². The molecule has 1 aliphatic rings. The number of anilines is 4. The predicted octanol–water partition coefficient (Wildman–Crippen LogP) is 4.56. The maximum absolute atomic E-state index is 14.1. The summed E-state index contributed by atoms with van der Waals surface area (Å²) in [4.78, 5) is 23.5. The highest BCUT2D eigenvalue weighted by Crippen LogP contribution is 2.35. The van der Waals surface area contributed by atoms with Crippen LogP contribution in [-0.4, -0.2) is 41.1 Å². The lowest BCUT2D eigenvalue weighted by molar-refractivity contribution is -0.383. The lowest BCUT2D eigenvalue weighted by Crippen LogP contribution is -2.47. The molecule has 10 heteroatoms. The summed E-state index contributed by atoms with van der Waals surface area (Å²) < 4.78 is 14.1. The zero-order chi connectivity index (χ0) is 22.0. The second kappa shape index (κ2) is 8.73. The summed E-state index contributed by atoms with van der Waals surface area (Å²) in [7, 11) is 0. The van der Waals surface area contributed by atoms with Crippen LogP contribution in [0.2, 0.25) is 5.02 Å². The molecule has 0 saturated carbocycles. The minimum absolute atomic E-state index is 0.0944. The van der Waals surface area contributed by atoms with Gasteiger partial charge in [-0.3, -0.25) is 10.1 Å². The molecule has 31 heavy (non-hydrogen) atoms. The quantitative estimate of drug-likeness (QED) is 0.458. The minimum Gasteiger partial charge on any atom is -0.366 e. The minimum atomic E-state index is -0.485. The average Bonchev–Trinajstić information content (AvgIpc) is 2.76. The van der Waals surface area contributed by atoms with Crippen molar-refractivity contribution in [1.82, 2.24) is 9.97 Å². The Morgan fingerprint density at radius 3 is 2.52 bits per heavy atom. The van der Waals surface area contributed by atoms with E-state index in [1.807, 2.05) is 22.8 Å². The van der Waals surface area contributed by atoms with Crippen LogP contribution in [-0.2, 0) is 0 Å². The molecule has 1 aliphatic heterocycles. The summed E-state index contributed by atoms with van der Waals surface area (Å²) in [6.45, 7) is 3.81. The third-order valence-electron chi connectivity index (χ3n) is 5.21. The van der Waals surface area contributed by atoms with Crippen molar-refractivity contribution >= 4 is 40.3 Å². The molecule has 2 aromatic carbocycles. The second-order valence-corrected chi connectivity index (χ2v) is 7.60. The number of nitrogens with one attached hydrogen (secondary N) is 1. The fraction of sp³-hybridized carbons (Fsp3) is 0.238. The number of piperazine rings is 1. The Morgan fingerprint density at radius 1 is 1.10 bits per heavy atom. The molecular weight excluding hydrogens is 423 g/mol. The highest BCUT2D eigenvalue weighted by molar-refractivity contribution is 6.30. The van der Waals surface area contributed by atoms with Crippen molar-refractivity contribution in [2.24, 2.45) is 0 Å². The second-order valence-electron chi connectivity index (χ2n) is 7.16. The number of aromatic nitrogens is 2. The van der Waals surface area contributed by atoms with E-state index in [2.05, 4.69) is 15.3 Å². The van der Waals surface area contributed by atoms with E-state index in [-0.39, 0.29) is 23.1 Å². The number of benzene rings is 2. The van der Waals surface area contributed by atoms with Gasteiger partial charge in [0.15, 0.2) is 0 Å². The van der Waals surface area contributed by atoms with Crippen LogP contribution in [0.5, 0.6) is 0 Å². The Hall–Kier alpha value is -3.46. The van der Waals surface area contributed by atoms with Gasteiger partial charge in [-0.25, -0.2) is 14.4 Å². The SMILES string of the molecule is Cc1ccc(Cl)cc1Nc1ncnc(N2CCN(c3ccccc3F)CC2)c1[N+](=O)[O-]. The van der Waals surface area contributed by atoms with Gasteiger partial charge in [-0.2, -0.15) is 0 Å². The van der Waals surface area contributed by atoms with Gasteiger partial charge in [0, 0.05) is 36.9 Å². The maximum Gasteiger partial charge on any atom is 0.353 e. The van der Waals surface area contributed by atoms with Crippen molar-refractivity contribution in [3.63, 3.8) is 0 Å². The van der Waals surface area contributed by atoms with Crippen molar-refractivity contribution < 1.29 is 9.31 Å². The Kier molecular flexibility index (Phi) is 5.85. The zero-order valence-electron chi connectivity index (χ0n) is 16.8. The van der Waals surface area contributed by atoms with Crippen molar-refractivity contribution in [3.05, 3.63) is 75.3 Å². The number of nitro groups is 1. The number of halogens is 2. The van der Waals surface area contributed by atoms with Crippen molar-refractivity contribution in [2.45, 2.75) is 6.92 Å². The molecule has 0 bridgehead atoms. The molecular formula is C21H20ClFN6O2. The molecule has 4 rings (SSSR count). The Bertz CT molecular complexity index is 1120. The molecule has 1 saturated heterocycles. The first-order valence-electron chi connectivity index (χ1n) is 9.71. The number of rotatable bonds is 5. The van der Waals surface area contributed by atoms with E-state index in [1.165, 1.54) is 12.4 Å². The summed E-state index contributed by atoms with van der Waals surface area (Å²) in [6.07, 6.45) is 1.30. The van der Waals surface area contributed by atoms with E-state index < -0.39 is 4.92 Å². The highest BCUT2D eigenvalue weighted by Gasteiger charge is 2.30. The summed E-state index contributed by atoms with van der Waals surface area (Å²) in [5.41, 5.74) is 1.82. The van der Waals surface area contributed by atoms with E-state index in [1.54, 1.807) is 30.3 Å². The third-order valence-corrected chi connectivity index (χ3v) is 5.45. The normalized spacial score (nSPS) is 13.9. The summed E-state index contributed by atoms with van der Waals surface area (Å²) in [5.74, 6) is 0.0413. The molecule has 1 N–H and O–H groups in total. The molecule has 1 fully saturated rings. The lowest BCUT2D eigenvalue weighted by atomic mass is 10.2. The van der Waals surface area contributed by atoms with Crippen LogP contribution >= 0.6 is 11.6 Å². The largest absolute Gasteiger partial charge is 0.366 e. The molecule has 2 heterocycles. The zero-order valence-corrected chi connectivity index (χ0v) is 17.5. The van der Waals surface area contributed by atoms with Crippen LogP contribution < -0.4 is 15.1 Å². The molecule has 3 aromatic rings. The van der Waals surface area contributed by atoms with Gasteiger partial charge in [0.05, 0.1) is 10.6 Å². The van der Waals surface area contributed by atoms with E-state index in [0.717, 1.165) is 5.56 Å². The first-order chi connectivity index (χ1) is 14.9. The first kappa shape index (κ1) is 20.8. The van der Waals surface area contributed by atoms with Gasteiger partial charge >= 0.3 is 5.69 Å². The Balaban J connectivity index is 1.59. The van der Waals surface area contributed by atoms with Gasteiger partial charge in [0.1, 0.15) is 12.1 Å². The molecule has 0 amide bonds. The van der Waals surface area contributed by atoms with E-state index >= 15 is 0 Å². The molecule has 0 aliphatic carbocycles. The number of hydrogen-bond acceptors (Lipinski definition) is 7. The summed E-state index contributed by atoms with van der Waals surface area (Å²) in [5, 5.41) is 15.5. The van der Waals surface area contributed by atoms with Gasteiger partial charge < -0.3 is 15.1 Å². The van der Waals surface area contributed by atoms with E-state index in [0.29, 0.717) is 42.6 Å². The first-order valence-corrected chi connectivity index (χ1v) is 10.1. The smallest absolute Gasteiger partial charge is 0.353 e. The lowest BCUT2D eigenvalue weighted by Gasteiger charge is -2.36. The van der Waals surface area contributed by atoms with Gasteiger partial charge in [0.2, 0.25) is 11.6 Å². The van der Waals surface area contributed by atoms with Crippen molar-refractivity contribution in [2.75, 3.05) is 41.3 Å². The van der Waals surface area contributed by atoms with Gasteiger partial charge in [-0.1, -0.05) is 29.8 Å². The standard InChI is InChI=1S/C21H20ClFN6O2/c1-14-6-7-15(22)12-17(14)26-20-19(29(30)31)21(25-13-24-20)28-10-8-27(9-11-28)18-5-3-2-4-16(18)23/h2-7,12-13H,8-11H2,1H3,(H,24,25,26). The molecule has 0 unspecified atom stereocenters. The fourth-order valence-corrected chi connectivity index (χ4v) is 3.76. The van der Waals surface area contributed by atoms with E-state index in [9.17, 15) is 14.5 Å². The monoisotopic (exact) mass is 442 g/mol.